The van der Waals surface area contributed by atoms with E-state index in [0.717, 1.165) is 21.5 Å². The van der Waals surface area contributed by atoms with Crippen molar-refractivity contribution in [3.63, 3.8) is 0 Å². The molecule has 1 N–H and O–H groups in total. The van der Waals surface area contributed by atoms with E-state index in [1.54, 1.807) is 13.0 Å². The first-order chi connectivity index (χ1) is 22.3. The Bertz CT molecular complexity index is 1650. The minimum Gasteiger partial charge on any atom is -0.480 e. The van der Waals surface area contributed by atoms with Gasteiger partial charge in [0.25, 0.3) is 8.32 Å². The molecular formula is C39H43Cl2NO4Si. The molecule has 47 heavy (non-hydrogen) atoms. The molecular weight excluding hydrogens is 645 g/mol. The van der Waals surface area contributed by atoms with Crippen LogP contribution in [0.1, 0.15) is 70.5 Å². The minimum atomic E-state index is -2.96. The highest BCUT2D eigenvalue weighted by molar-refractivity contribution is 6.99. The largest absolute Gasteiger partial charge is 0.480 e. The van der Waals surface area contributed by atoms with Gasteiger partial charge in [-0.3, -0.25) is 9.59 Å². The van der Waals surface area contributed by atoms with Gasteiger partial charge in [0.15, 0.2) is 0 Å². The number of benzene rings is 4. The molecule has 0 unspecified atom stereocenters. The van der Waals surface area contributed by atoms with E-state index in [1.807, 2.05) is 90.7 Å². The van der Waals surface area contributed by atoms with Gasteiger partial charge < -0.3 is 14.4 Å². The molecule has 0 spiro atoms. The standard InChI is InChI=1S/C39H43Cl2NO4Si/c1-6-31(26-46-47(38(2,3)4,32-16-9-7-10-17-32)33-18-11-8-12-19-33)42-35(27-20-22-29(40)23-21-27)34(28-14-13-15-30(41)24-28)25-39(5,36(42)43)37(44)45/h7-24,31,34-35H,6,25-26H2,1-5H3,(H,44,45)/t31-,34+,35+,39-/m0/s1. The molecule has 0 bridgehead atoms. The lowest BCUT2D eigenvalue weighted by Gasteiger charge is -2.51. The van der Waals surface area contributed by atoms with Crippen molar-refractivity contribution in [1.82, 2.24) is 4.90 Å². The molecule has 5 nitrogen and oxygen atoms in total. The van der Waals surface area contributed by atoms with Gasteiger partial charge in [0.2, 0.25) is 5.91 Å². The van der Waals surface area contributed by atoms with E-state index in [4.69, 9.17) is 27.6 Å². The predicted octanol–water partition coefficient (Wildman–Crippen LogP) is 8.50. The number of hydrogen-bond donors (Lipinski definition) is 1. The number of halogens is 2. The third-order valence-corrected chi connectivity index (χ3v) is 15.2. The molecule has 1 aliphatic rings. The summed E-state index contributed by atoms with van der Waals surface area (Å²) in [4.78, 5) is 29.5. The van der Waals surface area contributed by atoms with Crippen LogP contribution in [0.4, 0.5) is 0 Å². The van der Waals surface area contributed by atoms with Crippen molar-refractivity contribution in [3.05, 3.63) is 130 Å². The summed E-state index contributed by atoms with van der Waals surface area (Å²) < 4.78 is 7.37. The Balaban J connectivity index is 1.68. The number of hydrogen-bond acceptors (Lipinski definition) is 3. The molecule has 8 heteroatoms. The Hall–Kier alpha value is -3.42. The zero-order valence-electron chi connectivity index (χ0n) is 27.6. The number of rotatable bonds is 10. The summed E-state index contributed by atoms with van der Waals surface area (Å²) in [6, 6.07) is 34.9. The van der Waals surface area contributed by atoms with E-state index in [2.05, 4.69) is 45.0 Å². The van der Waals surface area contributed by atoms with Gasteiger partial charge in [-0.2, -0.15) is 0 Å². The molecule has 1 amide bonds. The average Bonchev–Trinajstić information content (AvgIpc) is 3.05. The van der Waals surface area contributed by atoms with Crippen molar-refractivity contribution >= 4 is 53.8 Å². The molecule has 0 radical (unpaired) electrons. The number of carbonyl (C=O) groups is 2. The summed E-state index contributed by atoms with van der Waals surface area (Å²) in [5.41, 5.74) is 0.107. The summed E-state index contributed by atoms with van der Waals surface area (Å²) in [6.07, 6.45) is 0.684. The van der Waals surface area contributed by atoms with E-state index < -0.39 is 37.7 Å². The fourth-order valence-electron chi connectivity index (χ4n) is 7.28. The molecule has 0 saturated carbocycles. The minimum absolute atomic E-state index is 0.122. The van der Waals surface area contributed by atoms with Crippen LogP contribution in [0.5, 0.6) is 0 Å². The van der Waals surface area contributed by atoms with Gasteiger partial charge in [-0.05, 0) is 70.6 Å². The Labute approximate surface area is 289 Å². The number of nitrogens with zero attached hydrogens (tertiary/aromatic N) is 1. The van der Waals surface area contributed by atoms with Gasteiger partial charge in [0, 0.05) is 16.0 Å². The number of carbonyl (C=O) groups excluding carboxylic acids is 1. The first kappa shape index (κ1) is 34.9. The van der Waals surface area contributed by atoms with Crippen LogP contribution in [0, 0.1) is 5.41 Å². The molecule has 1 saturated heterocycles. The third-order valence-electron chi connectivity index (χ3n) is 9.75. The molecule has 1 fully saturated rings. The van der Waals surface area contributed by atoms with E-state index in [9.17, 15) is 14.7 Å². The summed E-state index contributed by atoms with van der Waals surface area (Å²) >= 11 is 12.8. The Morgan fingerprint density at radius 2 is 1.47 bits per heavy atom. The van der Waals surface area contributed by atoms with Crippen molar-refractivity contribution < 1.29 is 19.1 Å². The first-order valence-electron chi connectivity index (χ1n) is 16.2. The Kier molecular flexibility index (Phi) is 10.4. The third kappa shape index (κ3) is 6.66. The molecule has 4 aromatic rings. The fraction of sp³-hybridized carbons (Fsp3) is 0.333. The van der Waals surface area contributed by atoms with E-state index in [-0.39, 0.29) is 24.0 Å². The van der Waals surface area contributed by atoms with Crippen LogP contribution in [0.2, 0.25) is 15.1 Å². The number of carboxylic acids is 1. The SMILES string of the molecule is CC[C@@H](CO[Si](c1ccccc1)(c1ccccc1)C(C)(C)C)N1C(=O)[C@@](C)(C(=O)O)C[C@H](c2cccc(Cl)c2)[C@H]1c1ccc(Cl)cc1. The van der Waals surface area contributed by atoms with Gasteiger partial charge in [0.05, 0.1) is 18.7 Å². The van der Waals surface area contributed by atoms with Crippen molar-refractivity contribution in [2.24, 2.45) is 5.41 Å². The van der Waals surface area contributed by atoms with Crippen LogP contribution in [-0.2, 0) is 14.0 Å². The van der Waals surface area contributed by atoms with Crippen molar-refractivity contribution in [3.8, 4) is 0 Å². The van der Waals surface area contributed by atoms with Crippen LogP contribution in [-0.4, -0.2) is 42.8 Å². The van der Waals surface area contributed by atoms with Gasteiger partial charge in [-0.25, -0.2) is 0 Å². The van der Waals surface area contributed by atoms with E-state index in [0.29, 0.717) is 16.5 Å². The topological polar surface area (TPSA) is 66.8 Å². The second-order valence-electron chi connectivity index (χ2n) is 13.7. The zero-order valence-corrected chi connectivity index (χ0v) is 30.1. The second-order valence-corrected chi connectivity index (χ2v) is 18.9. The Morgan fingerprint density at radius 3 is 1.96 bits per heavy atom. The Morgan fingerprint density at radius 1 is 0.894 bits per heavy atom. The first-order valence-corrected chi connectivity index (χ1v) is 18.8. The van der Waals surface area contributed by atoms with Crippen LogP contribution < -0.4 is 10.4 Å². The normalized spacial score (nSPS) is 21.0. The highest BCUT2D eigenvalue weighted by Crippen LogP contribution is 2.51. The van der Waals surface area contributed by atoms with Crippen molar-refractivity contribution in [2.75, 3.05) is 6.61 Å². The molecule has 1 heterocycles. The highest BCUT2D eigenvalue weighted by atomic mass is 35.5. The maximum Gasteiger partial charge on any atom is 0.318 e. The zero-order chi connectivity index (χ0) is 34.0. The van der Waals surface area contributed by atoms with Crippen molar-refractivity contribution in [1.29, 1.82) is 0 Å². The van der Waals surface area contributed by atoms with E-state index >= 15 is 0 Å². The van der Waals surface area contributed by atoms with Crippen LogP contribution >= 0.6 is 23.2 Å². The lowest BCUT2D eigenvalue weighted by Crippen LogP contribution is -2.68. The quantitative estimate of drug-likeness (QED) is 0.134. The summed E-state index contributed by atoms with van der Waals surface area (Å²) in [5, 5.41) is 13.7. The number of likely N-dealkylation sites (tertiary alicyclic amines) is 1. The monoisotopic (exact) mass is 687 g/mol. The molecule has 4 atom stereocenters. The van der Waals surface area contributed by atoms with Crippen LogP contribution in [0.25, 0.3) is 0 Å². The maximum atomic E-state index is 14.7. The number of aliphatic carboxylic acids is 1. The summed E-state index contributed by atoms with van der Waals surface area (Å²) in [5.74, 6) is -1.91. The average molecular weight is 689 g/mol. The lowest BCUT2D eigenvalue weighted by atomic mass is 9.68. The highest BCUT2D eigenvalue weighted by Gasteiger charge is 2.56. The molecule has 1 aliphatic heterocycles. The van der Waals surface area contributed by atoms with Gasteiger partial charge in [-0.1, -0.05) is 136 Å². The number of piperidine rings is 1. The summed E-state index contributed by atoms with van der Waals surface area (Å²) in [7, 11) is -2.96. The van der Waals surface area contributed by atoms with Gasteiger partial charge >= 0.3 is 5.97 Å². The molecule has 0 aliphatic carbocycles. The fourth-order valence-corrected chi connectivity index (χ4v) is 12.2. The second kappa shape index (κ2) is 14.0. The summed E-state index contributed by atoms with van der Waals surface area (Å²) in [6.45, 7) is 10.5. The van der Waals surface area contributed by atoms with Gasteiger partial charge in [0.1, 0.15) is 5.41 Å². The number of carboxylic acid groups (broad SMARTS) is 1. The maximum absolute atomic E-state index is 14.7. The van der Waals surface area contributed by atoms with Crippen LogP contribution in [0.3, 0.4) is 0 Å². The van der Waals surface area contributed by atoms with Crippen LogP contribution in [0.15, 0.2) is 109 Å². The van der Waals surface area contributed by atoms with E-state index in [1.165, 1.54) is 0 Å². The molecule has 4 aromatic carbocycles. The lowest BCUT2D eigenvalue weighted by molar-refractivity contribution is -0.170. The van der Waals surface area contributed by atoms with Crippen molar-refractivity contribution in [2.45, 2.75) is 70.5 Å². The molecule has 246 valence electrons. The smallest absolute Gasteiger partial charge is 0.318 e. The molecule has 0 aromatic heterocycles. The predicted molar refractivity (Wildman–Crippen MR) is 193 cm³/mol. The number of amides is 1. The molecule has 5 rings (SSSR count). The van der Waals surface area contributed by atoms with Gasteiger partial charge in [-0.15, -0.1) is 0 Å².